The van der Waals surface area contributed by atoms with Crippen molar-refractivity contribution in [2.75, 3.05) is 13.2 Å². The van der Waals surface area contributed by atoms with Crippen molar-refractivity contribution in [3.05, 3.63) is 104 Å². The van der Waals surface area contributed by atoms with Gasteiger partial charge in [0.1, 0.15) is 0 Å². The fourth-order valence-corrected chi connectivity index (χ4v) is 4.97. The number of rotatable bonds is 8. The molecule has 31 heavy (non-hydrogen) atoms. The number of hydrogen-bond acceptors (Lipinski definition) is 2. The molecule has 4 rings (SSSR count). The van der Waals surface area contributed by atoms with E-state index in [9.17, 15) is 0 Å². The van der Waals surface area contributed by atoms with Gasteiger partial charge in [0, 0.05) is 35.7 Å². The van der Waals surface area contributed by atoms with Crippen molar-refractivity contribution in [3.8, 4) is 0 Å². The van der Waals surface area contributed by atoms with E-state index in [1.54, 1.807) is 0 Å². The fourth-order valence-electron chi connectivity index (χ4n) is 4.23. The number of ether oxygens (including phenoxy) is 1. The van der Waals surface area contributed by atoms with Crippen molar-refractivity contribution in [2.45, 2.75) is 45.4 Å². The van der Waals surface area contributed by atoms with Crippen LogP contribution in [0, 0.1) is 6.92 Å². The molecule has 0 amide bonds. The lowest BCUT2D eigenvalue weighted by Crippen LogP contribution is -2.32. The van der Waals surface area contributed by atoms with Crippen LogP contribution >= 0.6 is 27.5 Å². The van der Waals surface area contributed by atoms with Gasteiger partial charge in [-0.1, -0.05) is 76.1 Å². The standard InChI is InChI=1S/C27H29BrClNO/c1-20-8-11-24(27(28)15-20)18-30(19-26-7-4-14-31-26)17-23-6-3-2-5-22(23)16-21-9-12-25(29)13-10-21/h2-3,5-6,8-13,15,26H,4,7,14,16-19H2,1H3. The summed E-state index contributed by atoms with van der Waals surface area (Å²) in [6.07, 6.45) is 3.56. The molecular weight excluding hydrogens is 470 g/mol. The summed E-state index contributed by atoms with van der Waals surface area (Å²) in [5.41, 5.74) is 6.61. The van der Waals surface area contributed by atoms with E-state index in [0.717, 1.165) is 44.1 Å². The molecule has 1 atom stereocenters. The van der Waals surface area contributed by atoms with Crippen LogP contribution in [0.3, 0.4) is 0 Å². The molecule has 3 aromatic rings. The summed E-state index contributed by atoms with van der Waals surface area (Å²) in [4.78, 5) is 2.53. The van der Waals surface area contributed by atoms with Gasteiger partial charge in [-0.2, -0.15) is 0 Å². The minimum Gasteiger partial charge on any atom is -0.377 e. The molecule has 0 radical (unpaired) electrons. The fraction of sp³-hybridized carbons (Fsp3) is 0.333. The molecule has 1 unspecified atom stereocenters. The maximum absolute atomic E-state index is 6.07. The zero-order valence-electron chi connectivity index (χ0n) is 18.0. The van der Waals surface area contributed by atoms with Crippen LogP contribution in [0.2, 0.25) is 5.02 Å². The Kier molecular flexibility index (Phi) is 7.84. The molecule has 1 heterocycles. The highest BCUT2D eigenvalue weighted by Crippen LogP contribution is 2.24. The first kappa shape index (κ1) is 22.5. The van der Waals surface area contributed by atoms with Crippen LogP contribution in [0.5, 0.6) is 0 Å². The van der Waals surface area contributed by atoms with Crippen molar-refractivity contribution in [2.24, 2.45) is 0 Å². The number of halogens is 2. The maximum Gasteiger partial charge on any atom is 0.0703 e. The predicted molar refractivity (Wildman–Crippen MR) is 133 cm³/mol. The summed E-state index contributed by atoms with van der Waals surface area (Å²) in [7, 11) is 0. The van der Waals surface area contributed by atoms with Gasteiger partial charge in [-0.25, -0.2) is 0 Å². The van der Waals surface area contributed by atoms with Crippen LogP contribution in [-0.2, 0) is 24.2 Å². The van der Waals surface area contributed by atoms with Crippen molar-refractivity contribution in [3.63, 3.8) is 0 Å². The van der Waals surface area contributed by atoms with Crippen LogP contribution in [0.4, 0.5) is 0 Å². The second-order valence-corrected chi connectivity index (χ2v) is 9.76. The van der Waals surface area contributed by atoms with Crippen LogP contribution in [0.15, 0.2) is 71.2 Å². The molecule has 3 aromatic carbocycles. The minimum atomic E-state index is 0.327. The average Bonchev–Trinajstić information content (AvgIpc) is 3.26. The van der Waals surface area contributed by atoms with Gasteiger partial charge in [-0.3, -0.25) is 4.90 Å². The summed E-state index contributed by atoms with van der Waals surface area (Å²) in [6.45, 7) is 5.78. The van der Waals surface area contributed by atoms with E-state index in [-0.39, 0.29) is 0 Å². The second kappa shape index (κ2) is 10.8. The summed E-state index contributed by atoms with van der Waals surface area (Å²) in [5, 5.41) is 0.781. The molecule has 1 aliphatic heterocycles. The molecule has 0 spiro atoms. The Morgan fingerprint density at radius 2 is 1.71 bits per heavy atom. The first-order valence-corrected chi connectivity index (χ1v) is 12.1. The molecule has 4 heteroatoms. The number of nitrogens with zero attached hydrogens (tertiary/aromatic N) is 1. The highest BCUT2D eigenvalue weighted by molar-refractivity contribution is 9.10. The third kappa shape index (κ3) is 6.43. The molecule has 0 aromatic heterocycles. The highest BCUT2D eigenvalue weighted by atomic mass is 79.9. The maximum atomic E-state index is 6.07. The Hall–Kier alpha value is -1.65. The van der Waals surface area contributed by atoms with Crippen LogP contribution in [0.25, 0.3) is 0 Å². The molecular formula is C27H29BrClNO. The van der Waals surface area contributed by atoms with Crippen LogP contribution in [-0.4, -0.2) is 24.2 Å². The summed E-state index contributed by atoms with van der Waals surface area (Å²) >= 11 is 9.84. The summed E-state index contributed by atoms with van der Waals surface area (Å²) < 4.78 is 7.16. The molecule has 162 valence electrons. The molecule has 0 saturated carbocycles. The Balaban J connectivity index is 1.55. The first-order chi connectivity index (χ1) is 15.1. The molecule has 0 bridgehead atoms. The monoisotopic (exact) mass is 497 g/mol. The zero-order valence-corrected chi connectivity index (χ0v) is 20.3. The molecule has 0 aliphatic carbocycles. The average molecular weight is 499 g/mol. The van der Waals surface area contributed by atoms with Crippen molar-refractivity contribution in [1.29, 1.82) is 0 Å². The number of aryl methyl sites for hydroxylation is 1. The van der Waals surface area contributed by atoms with E-state index in [2.05, 4.69) is 82.4 Å². The Morgan fingerprint density at radius 3 is 2.42 bits per heavy atom. The van der Waals surface area contributed by atoms with Gasteiger partial charge in [0.2, 0.25) is 0 Å². The van der Waals surface area contributed by atoms with E-state index in [1.165, 1.54) is 38.7 Å². The minimum absolute atomic E-state index is 0.327. The van der Waals surface area contributed by atoms with Gasteiger partial charge in [-0.05, 0) is 72.2 Å². The summed E-state index contributed by atoms with van der Waals surface area (Å²) in [5.74, 6) is 0. The SMILES string of the molecule is Cc1ccc(CN(Cc2ccccc2Cc2ccc(Cl)cc2)CC2CCCO2)c(Br)c1. The lowest BCUT2D eigenvalue weighted by Gasteiger charge is -2.27. The van der Waals surface area contributed by atoms with Gasteiger partial charge in [0.05, 0.1) is 6.10 Å². The lowest BCUT2D eigenvalue weighted by molar-refractivity contribution is 0.0677. The van der Waals surface area contributed by atoms with Crippen molar-refractivity contribution in [1.82, 2.24) is 4.90 Å². The third-order valence-corrected chi connectivity index (χ3v) is 6.90. The lowest BCUT2D eigenvalue weighted by atomic mass is 9.99. The topological polar surface area (TPSA) is 12.5 Å². The molecule has 0 N–H and O–H groups in total. The van der Waals surface area contributed by atoms with E-state index in [4.69, 9.17) is 16.3 Å². The summed E-state index contributed by atoms with van der Waals surface area (Å²) in [6, 6.07) is 23.6. The van der Waals surface area contributed by atoms with E-state index in [0.29, 0.717) is 6.10 Å². The normalized spacial score (nSPS) is 16.2. The Bertz CT molecular complexity index is 998. The zero-order chi connectivity index (χ0) is 21.6. The molecule has 1 fully saturated rings. The van der Waals surface area contributed by atoms with E-state index < -0.39 is 0 Å². The Morgan fingerprint density at radius 1 is 0.968 bits per heavy atom. The smallest absolute Gasteiger partial charge is 0.0703 e. The largest absolute Gasteiger partial charge is 0.377 e. The number of benzene rings is 3. The number of hydrogen-bond donors (Lipinski definition) is 0. The van der Waals surface area contributed by atoms with Gasteiger partial charge in [0.25, 0.3) is 0 Å². The van der Waals surface area contributed by atoms with Gasteiger partial charge >= 0.3 is 0 Å². The molecule has 2 nitrogen and oxygen atoms in total. The predicted octanol–water partition coefficient (Wildman–Crippen LogP) is 7.18. The van der Waals surface area contributed by atoms with Gasteiger partial charge in [0.15, 0.2) is 0 Å². The van der Waals surface area contributed by atoms with Gasteiger partial charge in [-0.15, -0.1) is 0 Å². The van der Waals surface area contributed by atoms with E-state index in [1.807, 2.05) is 12.1 Å². The van der Waals surface area contributed by atoms with Crippen LogP contribution in [0.1, 0.15) is 40.7 Å². The molecule has 1 aliphatic rings. The second-order valence-electron chi connectivity index (χ2n) is 8.47. The van der Waals surface area contributed by atoms with Crippen LogP contribution < -0.4 is 0 Å². The highest BCUT2D eigenvalue weighted by Gasteiger charge is 2.21. The quantitative estimate of drug-likeness (QED) is 0.326. The first-order valence-electron chi connectivity index (χ1n) is 11.0. The van der Waals surface area contributed by atoms with E-state index >= 15 is 0 Å². The van der Waals surface area contributed by atoms with Crippen molar-refractivity contribution < 1.29 is 4.74 Å². The molecule has 1 saturated heterocycles. The Labute approximate surface area is 199 Å². The van der Waals surface area contributed by atoms with Gasteiger partial charge < -0.3 is 4.74 Å². The van der Waals surface area contributed by atoms with Crippen molar-refractivity contribution >= 4 is 27.5 Å². The third-order valence-electron chi connectivity index (χ3n) is 5.91.